The van der Waals surface area contributed by atoms with E-state index in [0.717, 1.165) is 25.4 Å². The van der Waals surface area contributed by atoms with E-state index >= 15 is 0 Å². The largest absolute Gasteiger partial charge is 0.388 e. The van der Waals surface area contributed by atoms with Gasteiger partial charge in [0, 0.05) is 28.6 Å². The molecule has 1 N–H and O–H groups in total. The molecule has 3 rings (SSSR count). The highest BCUT2D eigenvalue weighted by Gasteiger charge is 2.45. The van der Waals surface area contributed by atoms with E-state index in [1.54, 1.807) is 0 Å². The van der Waals surface area contributed by atoms with Crippen LogP contribution in [0.15, 0.2) is 24.3 Å². The van der Waals surface area contributed by atoms with E-state index in [0.29, 0.717) is 6.04 Å². The summed E-state index contributed by atoms with van der Waals surface area (Å²) in [5.74, 6) is 0. The van der Waals surface area contributed by atoms with Gasteiger partial charge in [-0.15, -0.1) is 0 Å². The molecule has 98 valence electrons. The van der Waals surface area contributed by atoms with E-state index in [2.05, 4.69) is 58.7 Å². The van der Waals surface area contributed by atoms with Crippen LogP contribution >= 0.6 is 22.6 Å². The van der Waals surface area contributed by atoms with Gasteiger partial charge in [0.05, 0.1) is 5.60 Å². The number of halogens is 1. The molecule has 2 atom stereocenters. The second kappa shape index (κ2) is 4.76. The molecular formula is C15H20INO. The molecule has 2 unspecified atom stereocenters. The van der Waals surface area contributed by atoms with E-state index in [-0.39, 0.29) is 0 Å². The van der Waals surface area contributed by atoms with Crippen molar-refractivity contribution in [1.29, 1.82) is 0 Å². The molecule has 1 aromatic carbocycles. The summed E-state index contributed by atoms with van der Waals surface area (Å²) in [5, 5.41) is 10.8. The Morgan fingerprint density at radius 3 is 2.61 bits per heavy atom. The van der Waals surface area contributed by atoms with E-state index in [1.807, 2.05) is 0 Å². The molecule has 1 aliphatic carbocycles. The van der Waals surface area contributed by atoms with Gasteiger partial charge in [0.1, 0.15) is 0 Å². The second-order valence-corrected chi connectivity index (χ2v) is 7.23. The van der Waals surface area contributed by atoms with E-state index < -0.39 is 5.60 Å². The highest BCUT2D eigenvalue weighted by molar-refractivity contribution is 14.1. The Hall–Kier alpha value is -0.130. The third-order valence-electron chi connectivity index (χ3n) is 4.18. The Balaban J connectivity index is 1.70. The van der Waals surface area contributed by atoms with Crippen molar-refractivity contribution < 1.29 is 5.11 Å². The fraction of sp³-hybridized carbons (Fsp3) is 0.600. The minimum Gasteiger partial charge on any atom is -0.388 e. The molecule has 18 heavy (non-hydrogen) atoms. The molecule has 1 saturated carbocycles. The zero-order chi connectivity index (χ0) is 12.8. The van der Waals surface area contributed by atoms with Crippen molar-refractivity contribution in [3.05, 3.63) is 33.4 Å². The summed E-state index contributed by atoms with van der Waals surface area (Å²) >= 11 is 2.32. The molecule has 2 nitrogen and oxygen atoms in total. The van der Waals surface area contributed by atoms with Crippen LogP contribution < -0.4 is 0 Å². The van der Waals surface area contributed by atoms with Crippen LogP contribution in [0.5, 0.6) is 0 Å². The maximum Gasteiger partial charge on any atom is 0.0829 e. The van der Waals surface area contributed by atoms with Gasteiger partial charge in [0.25, 0.3) is 0 Å². The molecule has 0 aromatic heterocycles. The number of hydrogen-bond donors (Lipinski definition) is 1. The molecule has 0 amide bonds. The van der Waals surface area contributed by atoms with Gasteiger partial charge in [-0.25, -0.2) is 0 Å². The van der Waals surface area contributed by atoms with E-state index in [9.17, 15) is 5.11 Å². The third-order valence-corrected chi connectivity index (χ3v) is 4.90. The first-order chi connectivity index (χ1) is 8.56. The molecule has 2 fully saturated rings. The van der Waals surface area contributed by atoms with Gasteiger partial charge in [-0.05, 0) is 66.5 Å². The van der Waals surface area contributed by atoms with Crippen molar-refractivity contribution in [3.63, 3.8) is 0 Å². The Bertz CT molecular complexity index is 429. The minimum atomic E-state index is -0.519. The topological polar surface area (TPSA) is 23.5 Å². The average Bonchev–Trinajstić information content (AvgIpc) is 3.09. The maximum atomic E-state index is 10.8. The number of hydrogen-bond acceptors (Lipinski definition) is 2. The molecule has 0 radical (unpaired) electrons. The van der Waals surface area contributed by atoms with Crippen molar-refractivity contribution in [2.24, 2.45) is 0 Å². The van der Waals surface area contributed by atoms with Crippen LogP contribution in [0.25, 0.3) is 0 Å². The van der Waals surface area contributed by atoms with Gasteiger partial charge in [-0.2, -0.15) is 0 Å². The van der Waals surface area contributed by atoms with Gasteiger partial charge < -0.3 is 5.11 Å². The van der Waals surface area contributed by atoms with Crippen LogP contribution in [0.2, 0.25) is 0 Å². The summed E-state index contributed by atoms with van der Waals surface area (Å²) in [4.78, 5) is 2.51. The van der Waals surface area contributed by atoms with Gasteiger partial charge in [0.15, 0.2) is 0 Å². The first-order valence-corrected chi connectivity index (χ1v) is 7.86. The highest BCUT2D eigenvalue weighted by Crippen LogP contribution is 2.38. The lowest BCUT2D eigenvalue weighted by Gasteiger charge is -2.23. The SMILES string of the molecule is CC1CC(O)(Cc2ccc(I)cc2)CN1C1CC1. The minimum absolute atomic E-state index is 0.519. The molecule has 1 heterocycles. The van der Waals surface area contributed by atoms with E-state index in [1.165, 1.54) is 22.0 Å². The number of β-amino-alcohol motifs (C(OH)–C–C–N with tert-alkyl or cyclic N) is 1. The summed E-state index contributed by atoms with van der Waals surface area (Å²) in [6, 6.07) is 9.82. The zero-order valence-electron chi connectivity index (χ0n) is 10.8. The summed E-state index contributed by atoms with van der Waals surface area (Å²) in [6.45, 7) is 3.11. The normalized spacial score (nSPS) is 32.9. The van der Waals surface area contributed by atoms with Crippen molar-refractivity contribution in [2.75, 3.05) is 6.54 Å². The lowest BCUT2D eigenvalue weighted by atomic mass is 9.92. The highest BCUT2D eigenvalue weighted by atomic mass is 127. The van der Waals surface area contributed by atoms with Gasteiger partial charge in [0.2, 0.25) is 0 Å². The molecule has 3 heteroatoms. The Morgan fingerprint density at radius 2 is 2.00 bits per heavy atom. The van der Waals surface area contributed by atoms with Crippen LogP contribution in [-0.2, 0) is 6.42 Å². The van der Waals surface area contributed by atoms with Crippen molar-refractivity contribution in [2.45, 2.75) is 50.3 Å². The first-order valence-electron chi connectivity index (χ1n) is 6.78. The average molecular weight is 357 g/mol. The summed E-state index contributed by atoms with van der Waals surface area (Å²) in [5.41, 5.74) is 0.734. The summed E-state index contributed by atoms with van der Waals surface area (Å²) in [6.07, 6.45) is 4.35. The number of likely N-dealkylation sites (tertiary alicyclic amines) is 1. The van der Waals surface area contributed by atoms with Crippen molar-refractivity contribution >= 4 is 22.6 Å². The van der Waals surface area contributed by atoms with Crippen molar-refractivity contribution in [1.82, 2.24) is 4.90 Å². The molecule has 1 saturated heterocycles. The fourth-order valence-electron chi connectivity index (χ4n) is 3.23. The predicted molar refractivity (Wildman–Crippen MR) is 81.6 cm³/mol. The molecule has 2 aliphatic rings. The molecule has 0 spiro atoms. The van der Waals surface area contributed by atoms with Crippen molar-refractivity contribution in [3.8, 4) is 0 Å². The van der Waals surface area contributed by atoms with Crippen LogP contribution in [0.4, 0.5) is 0 Å². The summed E-state index contributed by atoms with van der Waals surface area (Å²) in [7, 11) is 0. The van der Waals surface area contributed by atoms with Gasteiger partial charge in [-0.1, -0.05) is 12.1 Å². The van der Waals surface area contributed by atoms with E-state index in [4.69, 9.17) is 0 Å². The van der Waals surface area contributed by atoms with Crippen LogP contribution in [-0.4, -0.2) is 34.2 Å². The second-order valence-electron chi connectivity index (χ2n) is 5.98. The quantitative estimate of drug-likeness (QED) is 0.841. The number of rotatable bonds is 3. The molecule has 0 bridgehead atoms. The number of aliphatic hydroxyl groups is 1. The van der Waals surface area contributed by atoms with Crippen LogP contribution in [0.3, 0.4) is 0 Å². The Kier molecular flexibility index (Phi) is 3.41. The molecular weight excluding hydrogens is 337 g/mol. The monoisotopic (exact) mass is 357 g/mol. The molecule has 1 aromatic rings. The summed E-state index contributed by atoms with van der Waals surface area (Å²) < 4.78 is 1.25. The lowest BCUT2D eigenvalue weighted by Crippen LogP contribution is -2.36. The van der Waals surface area contributed by atoms with Crippen LogP contribution in [0.1, 0.15) is 31.7 Å². The fourth-order valence-corrected chi connectivity index (χ4v) is 3.59. The standard InChI is InChI=1S/C15H20INO/c1-11-8-15(18,10-17(11)14-6-7-14)9-12-2-4-13(16)5-3-12/h2-5,11,14,18H,6-10H2,1H3. The van der Waals surface area contributed by atoms with Gasteiger partial charge >= 0.3 is 0 Å². The smallest absolute Gasteiger partial charge is 0.0829 e. The van der Waals surface area contributed by atoms with Crippen LogP contribution in [0, 0.1) is 3.57 Å². The lowest BCUT2D eigenvalue weighted by molar-refractivity contribution is 0.0487. The zero-order valence-corrected chi connectivity index (χ0v) is 12.9. The molecule has 1 aliphatic heterocycles. The Morgan fingerprint density at radius 1 is 1.33 bits per heavy atom. The van der Waals surface area contributed by atoms with Gasteiger partial charge in [-0.3, -0.25) is 4.90 Å². The maximum absolute atomic E-state index is 10.8. The number of nitrogens with zero attached hydrogens (tertiary/aromatic N) is 1. The number of benzene rings is 1. The predicted octanol–water partition coefficient (Wildman–Crippen LogP) is 2.82. The Labute approximate surface area is 123 Å². The third kappa shape index (κ3) is 2.73. The first kappa shape index (κ1) is 12.9.